The molecular formula is C26H31F4N7OS. The molecule has 2 heterocycles. The van der Waals surface area contributed by atoms with Crippen LogP contribution in [0.5, 0.6) is 0 Å². The van der Waals surface area contributed by atoms with Gasteiger partial charge in [0.2, 0.25) is 0 Å². The number of hydrogen-bond acceptors (Lipinski definition) is 6. The summed E-state index contributed by atoms with van der Waals surface area (Å²) in [4.78, 5) is 2.33. The maximum Gasteiger partial charge on any atom is 0.407 e. The molecule has 0 aliphatic carbocycles. The van der Waals surface area contributed by atoms with Gasteiger partial charge >= 0.3 is 6.18 Å². The summed E-state index contributed by atoms with van der Waals surface area (Å²) < 4.78 is 66.9. The Morgan fingerprint density at radius 3 is 2.64 bits per heavy atom. The van der Waals surface area contributed by atoms with Crippen molar-refractivity contribution in [3.63, 3.8) is 0 Å². The largest absolute Gasteiger partial charge is 0.407 e. The van der Waals surface area contributed by atoms with Crippen LogP contribution in [0.3, 0.4) is 0 Å². The van der Waals surface area contributed by atoms with Crippen LogP contribution in [0.4, 0.5) is 17.6 Å². The van der Waals surface area contributed by atoms with Gasteiger partial charge in [-0.3, -0.25) is 10.3 Å². The lowest BCUT2D eigenvalue weighted by molar-refractivity contribution is -0.124. The molecule has 0 bridgehead atoms. The van der Waals surface area contributed by atoms with Crippen molar-refractivity contribution in [1.82, 2.24) is 24.4 Å². The van der Waals surface area contributed by atoms with Crippen molar-refractivity contribution in [3.05, 3.63) is 59.5 Å². The molecule has 1 saturated heterocycles. The fourth-order valence-electron chi connectivity index (χ4n) is 4.70. The normalized spacial score (nSPS) is 18.3. The van der Waals surface area contributed by atoms with Gasteiger partial charge in [-0.2, -0.15) is 23.4 Å². The number of nitrogens with one attached hydrogen (secondary N) is 2. The molecular weight excluding hydrogens is 534 g/mol. The van der Waals surface area contributed by atoms with Crippen LogP contribution in [0.1, 0.15) is 31.0 Å². The molecule has 1 aromatic heterocycles. The molecule has 8 nitrogen and oxygen atoms in total. The van der Waals surface area contributed by atoms with Crippen molar-refractivity contribution in [2.75, 3.05) is 32.7 Å². The molecule has 1 aliphatic rings. The van der Waals surface area contributed by atoms with E-state index in [-0.39, 0.29) is 16.9 Å². The highest BCUT2D eigenvalue weighted by molar-refractivity contribution is 8.00. The molecule has 0 saturated carbocycles. The average molecular weight is 566 g/mol. The van der Waals surface area contributed by atoms with E-state index in [1.54, 1.807) is 27.3 Å². The average Bonchev–Trinajstić information content (AvgIpc) is 3.28. The first-order valence-electron chi connectivity index (χ1n) is 12.5. The monoisotopic (exact) mass is 565 g/mol. The zero-order valence-corrected chi connectivity index (χ0v) is 22.7. The molecule has 2 N–H and O–H groups in total. The number of aromatic nitrogens is 2. The van der Waals surface area contributed by atoms with Crippen LogP contribution >= 0.6 is 0 Å². The van der Waals surface area contributed by atoms with Crippen LogP contribution in [0, 0.1) is 24.1 Å². The minimum absolute atomic E-state index is 0.128. The maximum absolute atomic E-state index is 13.4. The van der Waals surface area contributed by atoms with Crippen molar-refractivity contribution < 1.29 is 21.8 Å². The Kier molecular flexibility index (Phi) is 8.82. The van der Waals surface area contributed by atoms with E-state index in [9.17, 15) is 21.8 Å². The van der Waals surface area contributed by atoms with Crippen LogP contribution in [-0.4, -0.2) is 73.4 Å². The van der Waals surface area contributed by atoms with E-state index >= 15 is 0 Å². The third-order valence-electron chi connectivity index (χ3n) is 6.41. The summed E-state index contributed by atoms with van der Waals surface area (Å²) in [5.41, 5.74) is 5.49. The lowest BCUT2D eigenvalue weighted by Gasteiger charge is -2.42. The second-order valence-corrected chi connectivity index (χ2v) is 11.4. The van der Waals surface area contributed by atoms with Crippen molar-refractivity contribution >= 4 is 33.1 Å². The highest BCUT2D eigenvalue weighted by atomic mass is 32.2. The summed E-state index contributed by atoms with van der Waals surface area (Å²) in [6.07, 6.45) is -1.82. The van der Waals surface area contributed by atoms with Crippen LogP contribution in [0.2, 0.25) is 0 Å². The Hall–Kier alpha value is -3.16. The lowest BCUT2D eigenvalue weighted by atomic mass is 9.96. The second-order valence-electron chi connectivity index (χ2n) is 9.91. The Balaban J connectivity index is 1.59. The van der Waals surface area contributed by atoms with Gasteiger partial charge in [0.05, 0.1) is 23.6 Å². The molecule has 2 unspecified atom stereocenters. The van der Waals surface area contributed by atoms with Gasteiger partial charge in [0.15, 0.2) is 5.04 Å². The molecule has 13 heteroatoms. The number of hydrazone groups is 1. The molecule has 0 spiro atoms. The summed E-state index contributed by atoms with van der Waals surface area (Å²) in [6.45, 7) is 7.15. The summed E-state index contributed by atoms with van der Waals surface area (Å²) in [6, 6.07) is 10.1. The Labute approximate surface area is 226 Å². The molecule has 210 valence electrons. The number of alkyl halides is 3. The van der Waals surface area contributed by atoms with Crippen molar-refractivity contribution in [2.24, 2.45) is 11.0 Å². The number of nitrogens with zero attached hydrogens (tertiary/aromatic N) is 5. The first kappa shape index (κ1) is 28.8. The lowest BCUT2D eigenvalue weighted by Crippen LogP contribution is -2.51. The molecule has 2 aromatic carbocycles. The smallest absolute Gasteiger partial charge is 0.301 e. The third-order valence-corrected chi connectivity index (χ3v) is 7.70. The summed E-state index contributed by atoms with van der Waals surface area (Å²) in [7, 11) is -1.88. The fraction of sp³-hybridized carbons (Fsp3) is 0.423. The number of halogens is 4. The highest BCUT2D eigenvalue weighted by Gasteiger charge is 2.33. The zero-order valence-electron chi connectivity index (χ0n) is 21.9. The standard InChI is InChI=1S/C26H31F4N7OS/c1-17(2)14-35-8-9-36(39(38)25(31)13-32-33-16-26(28,29)30)15-24(35)22-11-19-12-34-37(23(19)10-18(22)3)21-6-4-20(27)5-7-21/h4-7,10-13,17,24,31,33H,8-9,14-16H2,1-3H3/b31-25?,32-13-. The van der Waals surface area contributed by atoms with Gasteiger partial charge in [-0.05, 0) is 60.4 Å². The van der Waals surface area contributed by atoms with E-state index in [0.717, 1.165) is 40.5 Å². The van der Waals surface area contributed by atoms with Gasteiger partial charge in [-0.25, -0.2) is 17.6 Å². The first-order valence-corrected chi connectivity index (χ1v) is 13.6. The number of hydrogen-bond donors (Lipinski definition) is 2. The Bertz CT molecular complexity index is 1370. The van der Waals surface area contributed by atoms with E-state index in [4.69, 9.17) is 5.41 Å². The van der Waals surface area contributed by atoms with Gasteiger partial charge in [0, 0.05) is 37.6 Å². The second kappa shape index (κ2) is 11.9. The van der Waals surface area contributed by atoms with Crippen molar-refractivity contribution in [2.45, 2.75) is 33.0 Å². The molecule has 0 radical (unpaired) electrons. The van der Waals surface area contributed by atoms with Crippen molar-refractivity contribution in [3.8, 4) is 5.69 Å². The molecule has 39 heavy (non-hydrogen) atoms. The third kappa shape index (κ3) is 7.08. The molecule has 3 aromatic rings. The zero-order chi connectivity index (χ0) is 28.3. The Morgan fingerprint density at radius 2 is 1.97 bits per heavy atom. The number of fused-ring (bicyclic) bond motifs is 1. The van der Waals surface area contributed by atoms with E-state index < -0.39 is 23.7 Å². The molecule has 1 aliphatic heterocycles. The summed E-state index contributed by atoms with van der Waals surface area (Å²) >= 11 is 0. The first-order chi connectivity index (χ1) is 18.4. The minimum atomic E-state index is -4.44. The SMILES string of the molecule is Cc1cc2c(cnn2-c2ccc(F)cc2)cc1C1CN(S(=O)C(=N)/C=N\NCC(F)(F)F)CCN1CC(C)C. The van der Waals surface area contributed by atoms with Crippen LogP contribution < -0.4 is 5.43 Å². The summed E-state index contributed by atoms with van der Waals surface area (Å²) in [5, 5.41) is 16.5. The Morgan fingerprint density at radius 1 is 1.26 bits per heavy atom. The van der Waals surface area contributed by atoms with Gasteiger partial charge in [-0.15, -0.1) is 0 Å². The topological polar surface area (TPSA) is 89.6 Å². The number of rotatable bonds is 8. The number of piperazine rings is 1. The molecule has 4 rings (SSSR count). The van der Waals surface area contributed by atoms with Crippen LogP contribution in [0.15, 0.2) is 47.7 Å². The highest BCUT2D eigenvalue weighted by Crippen LogP contribution is 2.33. The van der Waals surface area contributed by atoms with Crippen molar-refractivity contribution in [1.29, 1.82) is 5.41 Å². The van der Waals surface area contributed by atoms with E-state index in [2.05, 4.69) is 35.0 Å². The quantitative estimate of drug-likeness (QED) is 0.181. The van der Waals surface area contributed by atoms with E-state index in [1.807, 2.05) is 18.4 Å². The van der Waals surface area contributed by atoms with Gasteiger partial charge in [-0.1, -0.05) is 13.8 Å². The van der Waals surface area contributed by atoms with Crippen LogP contribution in [-0.2, 0) is 11.0 Å². The molecule has 0 amide bonds. The summed E-state index contributed by atoms with van der Waals surface area (Å²) in [5.74, 6) is 0.0648. The minimum Gasteiger partial charge on any atom is -0.301 e. The predicted molar refractivity (Wildman–Crippen MR) is 145 cm³/mol. The maximum atomic E-state index is 13.4. The van der Waals surface area contributed by atoms with Gasteiger partial charge in [0.25, 0.3) is 0 Å². The van der Waals surface area contributed by atoms with Gasteiger partial charge < -0.3 is 5.43 Å². The fourth-order valence-corrected chi connectivity index (χ4v) is 5.64. The predicted octanol–water partition coefficient (Wildman–Crippen LogP) is 4.57. The van der Waals surface area contributed by atoms with E-state index in [0.29, 0.717) is 25.6 Å². The number of benzene rings is 2. The van der Waals surface area contributed by atoms with Gasteiger partial charge in [0.1, 0.15) is 23.3 Å². The van der Waals surface area contributed by atoms with E-state index in [1.165, 1.54) is 12.1 Å². The number of aryl methyl sites for hydroxylation is 1. The van der Waals surface area contributed by atoms with Crippen LogP contribution in [0.25, 0.3) is 16.6 Å². The molecule has 1 fully saturated rings. The molecule has 2 atom stereocenters.